The molecule has 236 valence electrons. The number of anilines is 1. The zero-order valence-electron chi connectivity index (χ0n) is 26.1. The minimum absolute atomic E-state index is 0.0477. The summed E-state index contributed by atoms with van der Waals surface area (Å²) in [7, 11) is -3.84. The highest BCUT2D eigenvalue weighted by Crippen LogP contribution is 2.27. The third kappa shape index (κ3) is 9.32. The fraction of sp³-hybridized carbons (Fsp3) is 0.429. The maximum absolute atomic E-state index is 14.3. The van der Waals surface area contributed by atoms with Gasteiger partial charge in [0.15, 0.2) is 0 Å². The third-order valence-corrected chi connectivity index (χ3v) is 9.54. The second kappa shape index (κ2) is 14.6. The van der Waals surface area contributed by atoms with E-state index in [1.807, 2.05) is 48.5 Å². The van der Waals surface area contributed by atoms with Crippen LogP contribution >= 0.6 is 11.6 Å². The molecular weight excluding hydrogens is 594 g/mol. The van der Waals surface area contributed by atoms with Crippen LogP contribution in [-0.4, -0.2) is 50.0 Å². The first kappa shape index (κ1) is 33.5. The first-order chi connectivity index (χ1) is 20.8. The molecular formula is C35H44ClN3O4S. The molecule has 7 nitrogen and oxygen atoms in total. The van der Waals surface area contributed by atoms with Crippen LogP contribution in [0.3, 0.4) is 0 Å². The van der Waals surface area contributed by atoms with Crippen LogP contribution in [0.2, 0.25) is 5.02 Å². The Bertz CT molecular complexity index is 1520. The molecule has 2 amide bonds. The summed E-state index contributed by atoms with van der Waals surface area (Å²) in [5.74, 6) is -0.716. The molecule has 3 aromatic carbocycles. The van der Waals surface area contributed by atoms with Gasteiger partial charge in [-0.2, -0.15) is 0 Å². The minimum atomic E-state index is -3.84. The number of nitrogens with zero attached hydrogens (tertiary/aromatic N) is 2. The highest BCUT2D eigenvalue weighted by Gasteiger charge is 2.34. The molecule has 0 radical (unpaired) electrons. The molecule has 0 spiro atoms. The predicted molar refractivity (Wildman–Crippen MR) is 178 cm³/mol. The van der Waals surface area contributed by atoms with Gasteiger partial charge >= 0.3 is 0 Å². The van der Waals surface area contributed by atoms with Crippen molar-refractivity contribution in [2.24, 2.45) is 0 Å². The number of nitrogens with one attached hydrogen (secondary N) is 1. The van der Waals surface area contributed by atoms with E-state index >= 15 is 0 Å². The lowest BCUT2D eigenvalue weighted by Crippen LogP contribution is -2.55. The second-order valence-corrected chi connectivity index (χ2v) is 15.1. The topological polar surface area (TPSA) is 86.8 Å². The van der Waals surface area contributed by atoms with Gasteiger partial charge in [0.2, 0.25) is 21.8 Å². The van der Waals surface area contributed by atoms with Gasteiger partial charge in [-0.25, -0.2) is 8.42 Å². The molecule has 0 heterocycles. The number of hydrogen-bond donors (Lipinski definition) is 1. The van der Waals surface area contributed by atoms with Crippen molar-refractivity contribution in [3.05, 3.63) is 101 Å². The standard InChI is InChI=1S/C35H44ClN3O4S/c1-35(2,3)28-18-20-31(21-19-28)39(44(4,42)43)25-33(40)38(24-27-14-11-15-29(36)22-27)32(23-26-12-7-5-8-13-26)34(41)37-30-16-9-6-10-17-30/h5,7-8,11-15,18-22,30,32H,6,9-10,16-17,23-25H2,1-4H3,(H,37,41)/t32-/m1/s1. The van der Waals surface area contributed by atoms with Gasteiger partial charge in [-0.3, -0.25) is 13.9 Å². The maximum Gasteiger partial charge on any atom is 0.244 e. The number of halogens is 1. The van der Waals surface area contributed by atoms with Crippen LogP contribution in [0.15, 0.2) is 78.9 Å². The fourth-order valence-electron chi connectivity index (χ4n) is 5.67. The van der Waals surface area contributed by atoms with Gasteiger partial charge in [0.05, 0.1) is 11.9 Å². The van der Waals surface area contributed by atoms with E-state index < -0.39 is 28.5 Å². The molecule has 0 aromatic heterocycles. The van der Waals surface area contributed by atoms with Crippen LogP contribution in [-0.2, 0) is 38.0 Å². The summed E-state index contributed by atoms with van der Waals surface area (Å²) < 4.78 is 27.3. The molecule has 1 saturated carbocycles. The number of amides is 2. The van der Waals surface area contributed by atoms with Crippen LogP contribution in [0.5, 0.6) is 0 Å². The van der Waals surface area contributed by atoms with E-state index in [1.54, 1.807) is 30.3 Å². The van der Waals surface area contributed by atoms with Crippen molar-refractivity contribution in [2.45, 2.75) is 83.3 Å². The minimum Gasteiger partial charge on any atom is -0.352 e. The largest absolute Gasteiger partial charge is 0.352 e. The molecule has 1 fully saturated rings. The van der Waals surface area contributed by atoms with Gasteiger partial charge < -0.3 is 10.2 Å². The van der Waals surface area contributed by atoms with E-state index in [2.05, 4.69) is 26.1 Å². The Morgan fingerprint density at radius 2 is 1.55 bits per heavy atom. The summed E-state index contributed by atoms with van der Waals surface area (Å²) in [5.41, 5.74) is 2.97. The predicted octanol–water partition coefficient (Wildman–Crippen LogP) is 6.49. The Hall–Kier alpha value is -3.36. The lowest BCUT2D eigenvalue weighted by Gasteiger charge is -2.35. The van der Waals surface area contributed by atoms with E-state index in [9.17, 15) is 18.0 Å². The number of benzene rings is 3. The van der Waals surface area contributed by atoms with Crippen molar-refractivity contribution in [3.8, 4) is 0 Å². The summed E-state index contributed by atoms with van der Waals surface area (Å²) in [6.45, 7) is 5.89. The highest BCUT2D eigenvalue weighted by atomic mass is 35.5. The van der Waals surface area contributed by atoms with Crippen molar-refractivity contribution in [3.63, 3.8) is 0 Å². The van der Waals surface area contributed by atoms with Crippen molar-refractivity contribution >= 4 is 39.1 Å². The molecule has 1 aliphatic rings. The molecule has 0 aliphatic heterocycles. The smallest absolute Gasteiger partial charge is 0.244 e. The number of carbonyl (C=O) groups excluding carboxylic acids is 2. The molecule has 4 rings (SSSR count). The van der Waals surface area contributed by atoms with Crippen LogP contribution in [0.4, 0.5) is 5.69 Å². The van der Waals surface area contributed by atoms with Gasteiger partial charge in [0.1, 0.15) is 12.6 Å². The van der Waals surface area contributed by atoms with E-state index in [0.717, 1.165) is 59.4 Å². The SMILES string of the molecule is CC(C)(C)c1ccc(N(CC(=O)N(Cc2cccc(Cl)c2)[C@H](Cc2ccccc2)C(=O)NC2CCCCC2)S(C)(=O)=O)cc1. The molecule has 0 bridgehead atoms. The Labute approximate surface area is 267 Å². The number of hydrogen-bond acceptors (Lipinski definition) is 4. The van der Waals surface area contributed by atoms with Gasteiger partial charge in [-0.15, -0.1) is 0 Å². The Morgan fingerprint density at radius 1 is 0.909 bits per heavy atom. The number of rotatable bonds is 11. The van der Waals surface area contributed by atoms with Crippen LogP contribution in [0, 0.1) is 0 Å². The van der Waals surface area contributed by atoms with Crippen molar-refractivity contribution in [1.82, 2.24) is 10.2 Å². The molecule has 3 aromatic rings. The quantitative estimate of drug-likeness (QED) is 0.260. The molecule has 9 heteroatoms. The van der Waals surface area contributed by atoms with Crippen LogP contribution < -0.4 is 9.62 Å². The zero-order chi connectivity index (χ0) is 31.9. The molecule has 1 atom stereocenters. The maximum atomic E-state index is 14.3. The van der Waals surface area contributed by atoms with Gasteiger partial charge in [-0.1, -0.05) is 106 Å². The lowest BCUT2D eigenvalue weighted by atomic mass is 9.87. The molecule has 1 N–H and O–H groups in total. The van der Waals surface area contributed by atoms with E-state index in [-0.39, 0.29) is 30.3 Å². The van der Waals surface area contributed by atoms with Crippen molar-refractivity contribution in [1.29, 1.82) is 0 Å². The van der Waals surface area contributed by atoms with E-state index in [4.69, 9.17) is 11.6 Å². The average molecular weight is 638 g/mol. The number of carbonyl (C=O) groups is 2. The third-order valence-electron chi connectivity index (χ3n) is 8.17. The molecule has 0 unspecified atom stereocenters. The van der Waals surface area contributed by atoms with E-state index in [1.165, 1.54) is 4.90 Å². The average Bonchev–Trinajstić information content (AvgIpc) is 2.97. The van der Waals surface area contributed by atoms with Gasteiger partial charge in [0.25, 0.3) is 0 Å². The highest BCUT2D eigenvalue weighted by molar-refractivity contribution is 7.92. The monoisotopic (exact) mass is 637 g/mol. The summed E-state index contributed by atoms with van der Waals surface area (Å²) in [5, 5.41) is 3.73. The Kier molecular flexibility index (Phi) is 11.1. The summed E-state index contributed by atoms with van der Waals surface area (Å²) >= 11 is 6.31. The lowest BCUT2D eigenvalue weighted by molar-refractivity contribution is -0.140. The van der Waals surface area contributed by atoms with Crippen LogP contribution in [0.25, 0.3) is 0 Å². The molecule has 0 saturated heterocycles. The first-order valence-corrected chi connectivity index (χ1v) is 17.5. The first-order valence-electron chi connectivity index (χ1n) is 15.3. The summed E-state index contributed by atoms with van der Waals surface area (Å²) in [6.07, 6.45) is 6.43. The second-order valence-electron chi connectivity index (χ2n) is 12.8. The summed E-state index contributed by atoms with van der Waals surface area (Å²) in [4.78, 5) is 29.9. The Morgan fingerprint density at radius 3 is 2.14 bits per heavy atom. The van der Waals surface area contributed by atoms with E-state index in [0.29, 0.717) is 10.7 Å². The van der Waals surface area contributed by atoms with Crippen LogP contribution in [0.1, 0.15) is 69.6 Å². The fourth-order valence-corrected chi connectivity index (χ4v) is 6.73. The van der Waals surface area contributed by atoms with Gasteiger partial charge in [-0.05, 0) is 59.2 Å². The molecule has 44 heavy (non-hydrogen) atoms. The normalized spacial score (nSPS) is 14.9. The van der Waals surface area contributed by atoms with Crippen molar-refractivity contribution in [2.75, 3.05) is 17.1 Å². The van der Waals surface area contributed by atoms with Crippen molar-refractivity contribution < 1.29 is 18.0 Å². The zero-order valence-corrected chi connectivity index (χ0v) is 27.7. The Balaban J connectivity index is 1.72. The molecule has 1 aliphatic carbocycles. The van der Waals surface area contributed by atoms with Gasteiger partial charge in [0, 0.05) is 24.0 Å². The summed E-state index contributed by atoms with van der Waals surface area (Å²) in [6, 6.07) is 23.2. The number of sulfonamides is 1.